The van der Waals surface area contributed by atoms with Gasteiger partial charge in [0, 0.05) is 31.5 Å². The van der Waals surface area contributed by atoms with Gasteiger partial charge >= 0.3 is 0 Å². The Kier molecular flexibility index (Phi) is 7.31. The van der Waals surface area contributed by atoms with E-state index in [0.29, 0.717) is 6.54 Å². The van der Waals surface area contributed by atoms with Crippen molar-refractivity contribution >= 4 is 15.9 Å². The van der Waals surface area contributed by atoms with Crippen molar-refractivity contribution in [1.29, 1.82) is 0 Å². The standard InChI is InChI=1S/C26H34N2O5S/c1-18-15-28(19(2)17-29)34(31,32)25-13-12-22(20-8-5-4-6-9-20)14-23(25)33-24(18)16-27(3)26(30)21-10-7-11-21/h4-6,8-9,12-14,18-19,21,24,29H,7,10-11,15-17H2,1-3H3/t18-,19+,24-/m0/s1. The summed E-state index contributed by atoms with van der Waals surface area (Å²) >= 11 is 0. The number of carbonyl (C=O) groups excluding carboxylic acids is 1. The minimum atomic E-state index is -3.89. The van der Waals surface area contributed by atoms with Gasteiger partial charge in [-0.05, 0) is 43.0 Å². The van der Waals surface area contributed by atoms with Gasteiger partial charge < -0.3 is 14.7 Å². The molecule has 1 amide bonds. The molecule has 1 fully saturated rings. The maximum absolute atomic E-state index is 13.6. The van der Waals surface area contributed by atoms with E-state index in [0.717, 1.165) is 30.4 Å². The molecule has 2 aromatic rings. The molecule has 1 aliphatic heterocycles. The van der Waals surface area contributed by atoms with Gasteiger partial charge in [0.05, 0.1) is 13.2 Å². The largest absolute Gasteiger partial charge is 0.487 e. The number of carbonyl (C=O) groups is 1. The van der Waals surface area contributed by atoms with E-state index >= 15 is 0 Å². The number of rotatable bonds is 6. The van der Waals surface area contributed by atoms with E-state index in [-0.39, 0.29) is 41.5 Å². The van der Waals surface area contributed by atoms with Gasteiger partial charge in [0.1, 0.15) is 16.7 Å². The zero-order valence-electron chi connectivity index (χ0n) is 20.1. The van der Waals surface area contributed by atoms with Crippen LogP contribution in [0, 0.1) is 11.8 Å². The molecule has 0 saturated heterocycles. The summed E-state index contributed by atoms with van der Waals surface area (Å²) in [5.41, 5.74) is 1.80. The Bertz CT molecular complexity index is 1120. The molecular weight excluding hydrogens is 452 g/mol. The van der Waals surface area contributed by atoms with E-state index < -0.39 is 22.2 Å². The molecule has 0 unspecified atom stereocenters. The summed E-state index contributed by atoms with van der Waals surface area (Å²) in [6.07, 6.45) is 2.53. The molecule has 8 heteroatoms. The van der Waals surface area contributed by atoms with Crippen molar-refractivity contribution in [2.45, 2.75) is 50.2 Å². The molecule has 2 aromatic carbocycles. The van der Waals surface area contributed by atoms with Crippen molar-refractivity contribution in [2.75, 3.05) is 26.7 Å². The SMILES string of the molecule is C[C@H](CO)N1C[C@H](C)[C@H](CN(C)C(=O)C2CCC2)Oc2cc(-c3ccccc3)ccc2S1(=O)=O. The van der Waals surface area contributed by atoms with Gasteiger partial charge in [-0.3, -0.25) is 4.79 Å². The first-order valence-electron chi connectivity index (χ1n) is 12.0. The predicted octanol–water partition coefficient (Wildman–Crippen LogP) is 3.38. The van der Waals surface area contributed by atoms with E-state index in [9.17, 15) is 18.3 Å². The van der Waals surface area contributed by atoms with E-state index in [1.54, 1.807) is 37.1 Å². The number of ether oxygens (including phenoxy) is 1. The van der Waals surface area contributed by atoms with Crippen LogP contribution in [0.5, 0.6) is 5.75 Å². The molecule has 1 heterocycles. The Labute approximate surface area is 202 Å². The zero-order chi connectivity index (χ0) is 24.5. The molecule has 0 spiro atoms. The summed E-state index contributed by atoms with van der Waals surface area (Å²) in [6, 6.07) is 14.3. The molecule has 3 atom stereocenters. The van der Waals surface area contributed by atoms with Crippen LogP contribution in [0.1, 0.15) is 33.1 Å². The van der Waals surface area contributed by atoms with Gasteiger partial charge in [0.15, 0.2) is 0 Å². The maximum Gasteiger partial charge on any atom is 0.247 e. The van der Waals surface area contributed by atoms with Crippen LogP contribution in [0.25, 0.3) is 11.1 Å². The molecule has 0 aromatic heterocycles. The lowest BCUT2D eigenvalue weighted by Gasteiger charge is -2.38. The third-order valence-electron chi connectivity index (χ3n) is 7.06. The van der Waals surface area contributed by atoms with Crippen LogP contribution in [0.3, 0.4) is 0 Å². The number of aliphatic hydroxyl groups is 1. The Morgan fingerprint density at radius 3 is 2.50 bits per heavy atom. The highest BCUT2D eigenvalue weighted by Gasteiger charge is 2.39. The third-order valence-corrected chi connectivity index (χ3v) is 9.08. The first-order valence-corrected chi connectivity index (χ1v) is 13.4. The second-order valence-electron chi connectivity index (χ2n) is 9.61. The monoisotopic (exact) mass is 486 g/mol. The van der Waals surface area contributed by atoms with Crippen molar-refractivity contribution in [2.24, 2.45) is 11.8 Å². The van der Waals surface area contributed by atoms with E-state index in [4.69, 9.17) is 4.74 Å². The number of nitrogens with zero attached hydrogens (tertiary/aromatic N) is 2. The highest BCUT2D eigenvalue weighted by molar-refractivity contribution is 7.89. The predicted molar refractivity (Wildman–Crippen MR) is 131 cm³/mol. The average Bonchev–Trinajstić information content (AvgIpc) is 2.79. The summed E-state index contributed by atoms with van der Waals surface area (Å²) < 4.78 is 35.0. The number of aliphatic hydroxyl groups excluding tert-OH is 1. The number of fused-ring (bicyclic) bond motifs is 1. The smallest absolute Gasteiger partial charge is 0.247 e. The number of hydrogen-bond donors (Lipinski definition) is 1. The quantitative estimate of drug-likeness (QED) is 0.676. The van der Waals surface area contributed by atoms with Crippen LogP contribution < -0.4 is 4.74 Å². The topological polar surface area (TPSA) is 87.2 Å². The Hall–Kier alpha value is -2.42. The Morgan fingerprint density at radius 1 is 1.18 bits per heavy atom. The van der Waals surface area contributed by atoms with Crippen molar-refractivity contribution in [1.82, 2.24) is 9.21 Å². The van der Waals surface area contributed by atoms with E-state index in [1.165, 1.54) is 4.31 Å². The van der Waals surface area contributed by atoms with Crippen molar-refractivity contribution < 1.29 is 23.1 Å². The first kappa shape index (κ1) is 24.7. The fraction of sp³-hybridized carbons (Fsp3) is 0.500. The fourth-order valence-corrected chi connectivity index (χ4v) is 6.41. The van der Waals surface area contributed by atoms with Gasteiger partial charge in [-0.1, -0.05) is 49.7 Å². The number of hydrogen-bond acceptors (Lipinski definition) is 5. The average molecular weight is 487 g/mol. The van der Waals surface area contributed by atoms with Gasteiger partial charge in [-0.25, -0.2) is 8.42 Å². The highest BCUT2D eigenvalue weighted by atomic mass is 32.2. The van der Waals surface area contributed by atoms with Crippen LogP contribution in [-0.4, -0.2) is 67.5 Å². The van der Waals surface area contributed by atoms with Gasteiger partial charge in [-0.15, -0.1) is 0 Å². The molecular formula is C26H34N2O5S. The lowest BCUT2D eigenvalue weighted by atomic mass is 9.84. The van der Waals surface area contributed by atoms with Crippen molar-refractivity contribution in [3.63, 3.8) is 0 Å². The van der Waals surface area contributed by atoms with Crippen molar-refractivity contribution in [3.05, 3.63) is 48.5 Å². The molecule has 1 saturated carbocycles. The molecule has 34 heavy (non-hydrogen) atoms. The second-order valence-corrected chi connectivity index (χ2v) is 11.5. The van der Waals surface area contributed by atoms with Gasteiger partial charge in [0.25, 0.3) is 0 Å². The molecule has 1 N–H and O–H groups in total. The maximum atomic E-state index is 13.6. The van der Waals surface area contributed by atoms with E-state index in [2.05, 4.69) is 0 Å². The lowest BCUT2D eigenvalue weighted by Crippen LogP contribution is -2.50. The van der Waals surface area contributed by atoms with Gasteiger partial charge in [-0.2, -0.15) is 4.31 Å². The summed E-state index contributed by atoms with van der Waals surface area (Å²) in [6.45, 7) is 3.92. The van der Waals surface area contributed by atoms with E-state index in [1.807, 2.05) is 37.3 Å². The minimum Gasteiger partial charge on any atom is -0.487 e. The first-order chi connectivity index (χ1) is 16.2. The molecule has 1 aliphatic carbocycles. The fourth-order valence-electron chi connectivity index (χ4n) is 4.58. The highest BCUT2D eigenvalue weighted by Crippen LogP contribution is 2.37. The summed E-state index contributed by atoms with van der Waals surface area (Å²) in [4.78, 5) is 14.6. The second kappa shape index (κ2) is 10.1. The Morgan fingerprint density at radius 2 is 1.88 bits per heavy atom. The molecule has 0 bridgehead atoms. The molecule has 2 aliphatic rings. The normalized spacial score (nSPS) is 23.5. The molecule has 7 nitrogen and oxygen atoms in total. The zero-order valence-corrected chi connectivity index (χ0v) is 20.9. The Balaban J connectivity index is 1.74. The summed E-state index contributed by atoms with van der Waals surface area (Å²) in [5, 5.41) is 9.80. The van der Waals surface area contributed by atoms with Gasteiger partial charge in [0.2, 0.25) is 15.9 Å². The summed E-state index contributed by atoms with van der Waals surface area (Å²) in [5.74, 6) is 0.277. The number of likely N-dealkylation sites (N-methyl/N-ethyl adjacent to an activating group) is 1. The minimum absolute atomic E-state index is 0.0807. The van der Waals surface area contributed by atoms with Crippen LogP contribution >= 0.6 is 0 Å². The van der Waals surface area contributed by atoms with Crippen LogP contribution in [0.4, 0.5) is 0 Å². The van der Waals surface area contributed by atoms with Crippen LogP contribution in [0.2, 0.25) is 0 Å². The molecule has 4 rings (SSSR count). The summed E-state index contributed by atoms with van der Waals surface area (Å²) in [7, 11) is -2.10. The number of amides is 1. The number of sulfonamides is 1. The van der Waals surface area contributed by atoms with Crippen LogP contribution in [0.15, 0.2) is 53.4 Å². The molecule has 184 valence electrons. The molecule has 0 radical (unpaired) electrons. The van der Waals surface area contributed by atoms with Crippen LogP contribution in [-0.2, 0) is 14.8 Å². The van der Waals surface area contributed by atoms with Crippen molar-refractivity contribution in [3.8, 4) is 16.9 Å². The number of benzene rings is 2. The lowest BCUT2D eigenvalue weighted by molar-refractivity contribution is -0.138. The third kappa shape index (κ3) is 4.85.